The van der Waals surface area contributed by atoms with E-state index < -0.39 is 17.8 Å². The number of hydrogen-bond donors (Lipinski definition) is 1. The van der Waals surface area contributed by atoms with Crippen LogP contribution in [-0.4, -0.2) is 20.7 Å². The molecule has 3 aromatic carbocycles. The van der Waals surface area contributed by atoms with Gasteiger partial charge in [-0.05, 0) is 60.9 Å². The Labute approximate surface area is 215 Å². The number of carbonyl (C=O) groups is 1. The van der Waals surface area contributed by atoms with Crippen molar-refractivity contribution in [1.29, 1.82) is 0 Å². The fourth-order valence-corrected chi connectivity index (χ4v) is 4.34. The number of amides is 1. The number of rotatable bonds is 5. The number of nitrogens with zero attached hydrogens (tertiary/aromatic N) is 3. The third kappa shape index (κ3) is 5.00. The molecule has 1 amide bonds. The van der Waals surface area contributed by atoms with Crippen molar-refractivity contribution in [2.75, 3.05) is 5.32 Å². The molecule has 0 radical (unpaired) electrons. The number of carbonyl (C=O) groups excluding carboxylic acids is 1. The number of nitrogens with one attached hydrogen (secondary N) is 1. The van der Waals surface area contributed by atoms with E-state index in [4.69, 9.17) is 0 Å². The van der Waals surface area contributed by atoms with Gasteiger partial charge >= 0.3 is 6.18 Å². The molecule has 2 heterocycles. The van der Waals surface area contributed by atoms with E-state index in [0.29, 0.717) is 29.0 Å². The normalized spacial score (nSPS) is 11.6. The molecule has 9 heteroatoms. The van der Waals surface area contributed by atoms with E-state index >= 15 is 0 Å². The number of anilines is 1. The van der Waals surface area contributed by atoms with Gasteiger partial charge in [-0.1, -0.05) is 48.5 Å². The number of pyridine rings is 1. The zero-order chi connectivity index (χ0) is 27.0. The van der Waals surface area contributed by atoms with Crippen LogP contribution < -0.4 is 5.32 Å². The third-order valence-corrected chi connectivity index (χ3v) is 6.32. The van der Waals surface area contributed by atoms with Gasteiger partial charge in [0.1, 0.15) is 11.5 Å². The predicted molar refractivity (Wildman–Crippen MR) is 137 cm³/mol. The van der Waals surface area contributed by atoms with Crippen molar-refractivity contribution in [1.82, 2.24) is 14.8 Å². The highest BCUT2D eigenvalue weighted by Crippen LogP contribution is 2.33. The molecule has 0 atom stereocenters. The van der Waals surface area contributed by atoms with Crippen molar-refractivity contribution < 1.29 is 22.4 Å². The molecule has 2 aromatic heterocycles. The topological polar surface area (TPSA) is 59.8 Å². The van der Waals surface area contributed by atoms with Gasteiger partial charge < -0.3 is 5.32 Å². The molecule has 0 fully saturated rings. The molecule has 0 bridgehead atoms. The summed E-state index contributed by atoms with van der Waals surface area (Å²) >= 11 is 0. The second-order valence-corrected chi connectivity index (χ2v) is 8.93. The van der Waals surface area contributed by atoms with Crippen LogP contribution in [0.1, 0.15) is 33.0 Å². The van der Waals surface area contributed by atoms with Gasteiger partial charge in [-0.15, -0.1) is 0 Å². The van der Waals surface area contributed by atoms with Crippen LogP contribution in [0.5, 0.6) is 0 Å². The molecule has 5 aromatic rings. The first kappa shape index (κ1) is 25.1. The van der Waals surface area contributed by atoms with Crippen molar-refractivity contribution in [3.8, 4) is 11.1 Å². The predicted octanol–water partition coefficient (Wildman–Crippen LogP) is 7.17. The lowest BCUT2D eigenvalue weighted by molar-refractivity contribution is -0.140. The highest BCUT2D eigenvalue weighted by atomic mass is 19.4. The summed E-state index contributed by atoms with van der Waals surface area (Å²) in [5, 5.41) is 7.52. The maximum Gasteiger partial charge on any atom is 0.433 e. The molecular weight excluding hydrogens is 496 g/mol. The summed E-state index contributed by atoms with van der Waals surface area (Å²) in [5.74, 6) is -1.06. The van der Waals surface area contributed by atoms with Gasteiger partial charge in [0.15, 0.2) is 0 Å². The van der Waals surface area contributed by atoms with E-state index in [1.54, 1.807) is 42.8 Å². The first-order valence-electron chi connectivity index (χ1n) is 11.8. The summed E-state index contributed by atoms with van der Waals surface area (Å²) in [7, 11) is 0. The molecule has 0 spiro atoms. The minimum Gasteiger partial charge on any atom is -0.319 e. The highest BCUT2D eigenvalue weighted by Gasteiger charge is 2.34. The number of aromatic nitrogens is 3. The average Bonchev–Trinajstić information content (AvgIpc) is 3.16. The Hall–Kier alpha value is -4.53. The number of aryl methyl sites for hydroxylation is 1. The Balaban J connectivity index is 1.54. The molecule has 38 heavy (non-hydrogen) atoms. The number of fused-ring (bicyclic) bond motifs is 1. The minimum atomic E-state index is -4.73. The Bertz CT molecular complexity index is 1640. The summed E-state index contributed by atoms with van der Waals surface area (Å²) in [6.45, 7) is 3.78. The standard InChI is InChI=1S/C29H22F4N4O/c1-17-27(18(2)37(36-17)16-19-8-11-22(30)12-9-19)35-28(38)24-15-26(29(31,32)33)34-25-13-10-21(14-23(24)25)20-6-4-3-5-7-20/h3-15H,16H2,1-2H3,(H,35,38). The van der Waals surface area contributed by atoms with Gasteiger partial charge in [-0.3, -0.25) is 9.48 Å². The van der Waals surface area contributed by atoms with Crippen molar-refractivity contribution in [2.24, 2.45) is 0 Å². The molecular formula is C29H22F4N4O. The monoisotopic (exact) mass is 518 g/mol. The van der Waals surface area contributed by atoms with Gasteiger partial charge in [0.25, 0.3) is 5.91 Å². The van der Waals surface area contributed by atoms with Crippen molar-refractivity contribution in [2.45, 2.75) is 26.6 Å². The van der Waals surface area contributed by atoms with E-state index in [1.165, 1.54) is 18.2 Å². The average molecular weight is 519 g/mol. The number of hydrogen-bond acceptors (Lipinski definition) is 3. The second-order valence-electron chi connectivity index (χ2n) is 8.93. The lowest BCUT2D eigenvalue weighted by Crippen LogP contribution is -2.17. The van der Waals surface area contributed by atoms with Crippen LogP contribution in [0.25, 0.3) is 22.0 Å². The first-order valence-corrected chi connectivity index (χ1v) is 11.8. The third-order valence-electron chi connectivity index (χ3n) is 6.32. The fourth-order valence-electron chi connectivity index (χ4n) is 4.34. The van der Waals surface area contributed by atoms with E-state index in [-0.39, 0.29) is 16.9 Å². The van der Waals surface area contributed by atoms with E-state index in [9.17, 15) is 22.4 Å². The molecule has 0 aliphatic carbocycles. The van der Waals surface area contributed by atoms with Crippen LogP contribution in [0, 0.1) is 19.7 Å². The summed E-state index contributed by atoms with van der Waals surface area (Å²) in [6.07, 6.45) is -4.73. The van der Waals surface area contributed by atoms with Crippen LogP contribution in [0.3, 0.4) is 0 Å². The van der Waals surface area contributed by atoms with Gasteiger partial charge in [-0.25, -0.2) is 9.37 Å². The maximum atomic E-state index is 13.7. The number of benzene rings is 3. The largest absolute Gasteiger partial charge is 0.433 e. The van der Waals surface area contributed by atoms with Gasteiger partial charge in [0, 0.05) is 5.39 Å². The van der Waals surface area contributed by atoms with Crippen LogP contribution in [-0.2, 0) is 12.7 Å². The summed E-state index contributed by atoms with van der Waals surface area (Å²) in [6, 6.07) is 20.9. The van der Waals surface area contributed by atoms with E-state index in [0.717, 1.165) is 22.8 Å². The summed E-state index contributed by atoms with van der Waals surface area (Å²) in [5.41, 5.74) is 2.67. The number of alkyl halides is 3. The molecule has 0 aliphatic heterocycles. The lowest BCUT2D eigenvalue weighted by Gasteiger charge is -2.14. The Morgan fingerprint density at radius 2 is 1.63 bits per heavy atom. The van der Waals surface area contributed by atoms with Crippen molar-refractivity contribution in [3.05, 3.63) is 113 Å². The summed E-state index contributed by atoms with van der Waals surface area (Å²) in [4.78, 5) is 17.3. The molecule has 192 valence electrons. The van der Waals surface area contributed by atoms with E-state index in [2.05, 4.69) is 15.4 Å². The first-order chi connectivity index (χ1) is 18.1. The lowest BCUT2D eigenvalue weighted by atomic mass is 9.99. The number of halogens is 4. The zero-order valence-corrected chi connectivity index (χ0v) is 20.5. The van der Waals surface area contributed by atoms with Crippen molar-refractivity contribution >= 4 is 22.5 Å². The smallest absolute Gasteiger partial charge is 0.319 e. The second kappa shape index (κ2) is 9.74. The molecule has 0 aliphatic rings. The van der Waals surface area contributed by atoms with Gasteiger partial charge in [-0.2, -0.15) is 18.3 Å². The van der Waals surface area contributed by atoms with Gasteiger partial charge in [0.2, 0.25) is 0 Å². The molecule has 0 saturated heterocycles. The maximum absolute atomic E-state index is 13.7. The Kier molecular flexibility index (Phi) is 6.44. The highest BCUT2D eigenvalue weighted by molar-refractivity contribution is 6.13. The van der Waals surface area contributed by atoms with Crippen LogP contribution in [0.2, 0.25) is 0 Å². The van der Waals surface area contributed by atoms with Crippen LogP contribution >= 0.6 is 0 Å². The SMILES string of the molecule is Cc1nn(Cc2ccc(F)cc2)c(C)c1NC(=O)c1cc(C(F)(F)F)nc2ccc(-c3ccccc3)cc12. The van der Waals surface area contributed by atoms with Gasteiger partial charge in [0.05, 0.1) is 34.7 Å². The van der Waals surface area contributed by atoms with Crippen LogP contribution in [0.4, 0.5) is 23.2 Å². The molecule has 5 rings (SSSR count). The minimum absolute atomic E-state index is 0.0603. The van der Waals surface area contributed by atoms with Crippen LogP contribution in [0.15, 0.2) is 78.9 Å². The summed E-state index contributed by atoms with van der Waals surface area (Å²) < 4.78 is 55.9. The quantitative estimate of drug-likeness (QED) is 0.251. The van der Waals surface area contributed by atoms with Crippen molar-refractivity contribution in [3.63, 3.8) is 0 Å². The Morgan fingerprint density at radius 3 is 2.32 bits per heavy atom. The Morgan fingerprint density at radius 1 is 0.921 bits per heavy atom. The zero-order valence-electron chi connectivity index (χ0n) is 20.5. The molecule has 0 unspecified atom stereocenters. The molecule has 0 saturated carbocycles. The van der Waals surface area contributed by atoms with E-state index in [1.807, 2.05) is 30.3 Å². The fraction of sp³-hybridized carbons (Fsp3) is 0.138. The molecule has 5 nitrogen and oxygen atoms in total. The molecule has 1 N–H and O–H groups in total.